The second-order valence-corrected chi connectivity index (χ2v) is 9.84. The van der Waals surface area contributed by atoms with E-state index < -0.39 is 0 Å². The first kappa shape index (κ1) is 22.5. The average Bonchev–Trinajstić information content (AvgIpc) is 2.94. The minimum absolute atomic E-state index is 0.119. The summed E-state index contributed by atoms with van der Waals surface area (Å²) in [5.74, 6) is 1.31. The first-order valence-corrected chi connectivity index (χ1v) is 11.7. The molecular weight excluding hydrogens is 430 g/mol. The van der Waals surface area contributed by atoms with Gasteiger partial charge in [0.1, 0.15) is 0 Å². The van der Waals surface area contributed by atoms with E-state index in [0.29, 0.717) is 23.3 Å². The van der Waals surface area contributed by atoms with Crippen molar-refractivity contribution in [1.82, 2.24) is 15.2 Å². The lowest BCUT2D eigenvalue weighted by Crippen LogP contribution is -2.71. The highest BCUT2D eigenvalue weighted by atomic mass is 16.5. The summed E-state index contributed by atoms with van der Waals surface area (Å²) >= 11 is 0. The van der Waals surface area contributed by atoms with Crippen LogP contribution in [0.4, 0.5) is 10.5 Å². The number of carbonyl (C=O) groups excluding carboxylic acids is 1. The Kier molecular flexibility index (Phi) is 5.64. The zero-order valence-corrected chi connectivity index (χ0v) is 20.6. The Morgan fingerprint density at radius 2 is 1.71 bits per heavy atom. The molecular formula is C26H33N5O3. The normalized spacial score (nSPS) is 21.1. The van der Waals surface area contributed by atoms with E-state index in [1.807, 2.05) is 19.1 Å². The van der Waals surface area contributed by atoms with Crippen molar-refractivity contribution >= 4 is 17.4 Å². The van der Waals surface area contributed by atoms with E-state index in [1.165, 1.54) is 23.8 Å². The molecule has 180 valence electrons. The van der Waals surface area contributed by atoms with Gasteiger partial charge >= 0.3 is 6.03 Å². The summed E-state index contributed by atoms with van der Waals surface area (Å²) in [6.07, 6.45) is 0.651. The molecule has 0 aliphatic carbocycles. The lowest BCUT2D eigenvalue weighted by Gasteiger charge is -2.60. The molecule has 1 N–H and O–H groups in total. The van der Waals surface area contributed by atoms with Crippen LogP contribution < -0.4 is 19.7 Å². The number of rotatable bonds is 4. The third-order valence-corrected chi connectivity index (χ3v) is 7.20. The number of likely N-dealkylation sites (tertiary alicyclic amines) is 1. The van der Waals surface area contributed by atoms with Gasteiger partial charge in [0, 0.05) is 55.5 Å². The highest BCUT2D eigenvalue weighted by Crippen LogP contribution is 2.41. The quantitative estimate of drug-likeness (QED) is 0.755. The number of hydrogen-bond donors (Lipinski definition) is 1. The number of ether oxygens (including phenoxy) is 2. The molecule has 1 unspecified atom stereocenters. The van der Waals surface area contributed by atoms with Crippen LogP contribution in [0.2, 0.25) is 0 Å². The predicted octanol–water partition coefficient (Wildman–Crippen LogP) is 2.79. The second-order valence-electron chi connectivity index (χ2n) is 9.84. The van der Waals surface area contributed by atoms with Crippen molar-refractivity contribution in [2.24, 2.45) is 10.5 Å². The van der Waals surface area contributed by atoms with Crippen LogP contribution in [0.5, 0.6) is 11.5 Å². The Hall–Kier alpha value is -3.26. The van der Waals surface area contributed by atoms with Crippen molar-refractivity contribution in [1.29, 1.82) is 0 Å². The molecule has 1 atom stereocenters. The minimum atomic E-state index is -0.232. The van der Waals surface area contributed by atoms with Gasteiger partial charge in [-0.15, -0.1) is 0 Å². The molecule has 2 aromatic rings. The van der Waals surface area contributed by atoms with Crippen LogP contribution in [0.1, 0.15) is 23.6 Å². The molecule has 34 heavy (non-hydrogen) atoms. The van der Waals surface area contributed by atoms with E-state index in [0.717, 1.165) is 35.5 Å². The first-order valence-electron chi connectivity index (χ1n) is 11.7. The fourth-order valence-corrected chi connectivity index (χ4v) is 5.62. The standard InChI is InChI=1S/C26H33N5O3/c1-17-10-19-11-22(33-4)23(34-5)12-21(19)24(28-31(17)25(32)27-2)18-6-8-20(9-7-18)30-15-26(16-30)13-29(3)14-26/h6-9,11-12,17H,10,13-16H2,1-5H3,(H,27,32). The SMILES string of the molecule is CNC(=O)N1N=C(c2ccc(N3CC4(CN(C)C4)C3)cc2)c2cc(OC)c(OC)cc2CC1C. The van der Waals surface area contributed by atoms with Gasteiger partial charge in [0.05, 0.1) is 26.0 Å². The maximum Gasteiger partial charge on any atom is 0.337 e. The van der Waals surface area contributed by atoms with Crippen LogP contribution >= 0.6 is 0 Å². The zero-order valence-electron chi connectivity index (χ0n) is 20.6. The molecule has 3 aliphatic rings. The summed E-state index contributed by atoms with van der Waals surface area (Å²) in [5, 5.41) is 9.11. The predicted molar refractivity (Wildman–Crippen MR) is 133 cm³/mol. The van der Waals surface area contributed by atoms with Crippen LogP contribution in [0, 0.1) is 5.41 Å². The van der Waals surface area contributed by atoms with Gasteiger partial charge in [-0.3, -0.25) is 0 Å². The minimum Gasteiger partial charge on any atom is -0.493 e. The molecule has 0 radical (unpaired) electrons. The van der Waals surface area contributed by atoms with Crippen LogP contribution in [0.15, 0.2) is 41.5 Å². The van der Waals surface area contributed by atoms with Gasteiger partial charge in [-0.2, -0.15) is 5.10 Å². The Balaban J connectivity index is 1.50. The maximum absolute atomic E-state index is 12.7. The number of methoxy groups -OCH3 is 2. The smallest absolute Gasteiger partial charge is 0.337 e. The van der Waals surface area contributed by atoms with Gasteiger partial charge in [-0.1, -0.05) is 12.1 Å². The molecule has 1 spiro atoms. The fraction of sp³-hybridized carbons (Fsp3) is 0.462. The summed E-state index contributed by atoms with van der Waals surface area (Å²) in [4.78, 5) is 17.5. The Bertz CT molecular complexity index is 1120. The number of anilines is 1. The van der Waals surface area contributed by atoms with Crippen molar-refractivity contribution in [3.05, 3.63) is 53.1 Å². The van der Waals surface area contributed by atoms with Gasteiger partial charge in [0.25, 0.3) is 0 Å². The number of amides is 2. The van der Waals surface area contributed by atoms with E-state index in [-0.39, 0.29) is 12.1 Å². The second kappa shape index (κ2) is 8.51. The fourth-order valence-electron chi connectivity index (χ4n) is 5.62. The lowest BCUT2D eigenvalue weighted by molar-refractivity contribution is -0.00238. The molecule has 3 aliphatic heterocycles. The van der Waals surface area contributed by atoms with E-state index in [9.17, 15) is 4.79 Å². The van der Waals surface area contributed by atoms with E-state index in [2.05, 4.69) is 46.4 Å². The lowest BCUT2D eigenvalue weighted by atomic mass is 9.73. The van der Waals surface area contributed by atoms with Crippen molar-refractivity contribution in [3.8, 4) is 11.5 Å². The highest BCUT2D eigenvalue weighted by molar-refractivity contribution is 6.14. The molecule has 2 saturated heterocycles. The van der Waals surface area contributed by atoms with Gasteiger partial charge in [0.2, 0.25) is 0 Å². The summed E-state index contributed by atoms with van der Waals surface area (Å²) < 4.78 is 11.1. The highest BCUT2D eigenvalue weighted by Gasteiger charge is 2.50. The summed E-state index contributed by atoms with van der Waals surface area (Å²) in [6.45, 7) is 6.60. The third kappa shape index (κ3) is 3.76. The molecule has 5 rings (SSSR count). The van der Waals surface area contributed by atoms with E-state index >= 15 is 0 Å². The number of benzene rings is 2. The summed E-state index contributed by atoms with van der Waals surface area (Å²) in [7, 11) is 7.08. The molecule has 2 aromatic carbocycles. The molecule has 0 aromatic heterocycles. The topological polar surface area (TPSA) is 69.6 Å². The number of nitrogens with zero attached hydrogens (tertiary/aromatic N) is 4. The van der Waals surface area contributed by atoms with E-state index in [4.69, 9.17) is 14.6 Å². The molecule has 0 saturated carbocycles. The number of nitrogens with one attached hydrogen (secondary N) is 1. The third-order valence-electron chi connectivity index (χ3n) is 7.20. The van der Waals surface area contributed by atoms with Crippen molar-refractivity contribution in [2.75, 3.05) is 59.4 Å². The molecule has 0 bridgehead atoms. The van der Waals surface area contributed by atoms with Gasteiger partial charge < -0.3 is 24.6 Å². The Morgan fingerprint density at radius 3 is 2.29 bits per heavy atom. The average molecular weight is 464 g/mol. The van der Waals surface area contributed by atoms with Crippen LogP contribution in [-0.4, -0.2) is 82.2 Å². The van der Waals surface area contributed by atoms with Crippen molar-refractivity contribution in [2.45, 2.75) is 19.4 Å². The summed E-state index contributed by atoms with van der Waals surface area (Å²) in [6, 6.07) is 12.1. The van der Waals surface area contributed by atoms with Gasteiger partial charge in [-0.25, -0.2) is 9.80 Å². The Morgan fingerprint density at radius 1 is 1.06 bits per heavy atom. The molecule has 3 heterocycles. The number of fused-ring (bicyclic) bond motifs is 1. The van der Waals surface area contributed by atoms with Crippen LogP contribution in [0.25, 0.3) is 0 Å². The molecule has 2 fully saturated rings. The van der Waals surface area contributed by atoms with Crippen molar-refractivity contribution < 1.29 is 14.3 Å². The summed E-state index contributed by atoms with van der Waals surface area (Å²) in [5.41, 5.74) is 5.43. The van der Waals surface area contributed by atoms with Crippen LogP contribution in [0.3, 0.4) is 0 Å². The Labute approximate surface area is 201 Å². The van der Waals surface area contributed by atoms with Gasteiger partial charge in [0.15, 0.2) is 11.5 Å². The first-order chi connectivity index (χ1) is 16.4. The number of urea groups is 1. The van der Waals surface area contributed by atoms with Gasteiger partial charge in [-0.05, 0) is 50.2 Å². The monoisotopic (exact) mass is 463 g/mol. The number of hydrazone groups is 1. The molecule has 8 heteroatoms. The van der Waals surface area contributed by atoms with E-state index in [1.54, 1.807) is 21.3 Å². The molecule has 2 amide bonds. The maximum atomic E-state index is 12.7. The zero-order chi connectivity index (χ0) is 24.0. The molecule has 8 nitrogen and oxygen atoms in total. The number of carbonyl (C=O) groups is 1. The van der Waals surface area contributed by atoms with Crippen molar-refractivity contribution in [3.63, 3.8) is 0 Å². The largest absolute Gasteiger partial charge is 0.493 e. The number of hydrogen-bond acceptors (Lipinski definition) is 6. The van der Waals surface area contributed by atoms with Crippen LogP contribution in [-0.2, 0) is 6.42 Å².